The molecule has 2 rings (SSSR count). The summed E-state index contributed by atoms with van der Waals surface area (Å²) in [6.45, 7) is 8.50. The van der Waals surface area contributed by atoms with E-state index in [1.54, 1.807) is 0 Å². The minimum atomic E-state index is -1.63. The Morgan fingerprint density at radius 1 is 1.14 bits per heavy atom. The summed E-state index contributed by atoms with van der Waals surface area (Å²) in [6, 6.07) is 6.19. The number of carboxylic acids is 1. The molecule has 0 spiro atoms. The maximum Gasteiger partial charge on any atom is 0.269 e. The van der Waals surface area contributed by atoms with Crippen LogP contribution in [0.1, 0.15) is 26.3 Å². The van der Waals surface area contributed by atoms with Crippen molar-refractivity contribution in [1.29, 1.82) is 0 Å². The molecule has 1 fully saturated rings. The third kappa shape index (κ3) is 3.61. The second-order valence-corrected chi connectivity index (χ2v) is 7.39. The normalized spacial score (nSPS) is 15.8. The Labute approximate surface area is 139 Å². The van der Waals surface area contributed by atoms with E-state index in [1.807, 2.05) is 6.07 Å². The zero-order valence-corrected chi connectivity index (χ0v) is 14.6. The number of aliphatic carboxylic acids is 1. The molecule has 0 atom stereocenters. The number of rotatable bonds is 1. The molecular weight excluding hydrogens is 348 g/mol. The first-order valence-corrected chi connectivity index (χ1v) is 8.04. The Hall–Kier alpha value is -1.56. The molecule has 1 aromatic rings. The van der Waals surface area contributed by atoms with Crippen LogP contribution in [0.4, 0.5) is 5.69 Å². The largest absolute Gasteiger partial charge is 0.540 e. The highest BCUT2D eigenvalue weighted by atomic mass is 79.9. The van der Waals surface area contributed by atoms with Crippen LogP contribution in [-0.4, -0.2) is 43.0 Å². The lowest BCUT2D eigenvalue weighted by atomic mass is 9.85. The van der Waals surface area contributed by atoms with Gasteiger partial charge in [-0.1, -0.05) is 36.7 Å². The third-order valence-electron chi connectivity index (χ3n) is 3.85. The first-order valence-electron chi connectivity index (χ1n) is 7.25. The molecule has 0 saturated carbocycles. The van der Waals surface area contributed by atoms with Crippen molar-refractivity contribution in [3.63, 3.8) is 0 Å². The number of hydrogen-bond donors (Lipinski definition) is 0. The van der Waals surface area contributed by atoms with E-state index in [-0.39, 0.29) is 5.41 Å². The number of carbonyl (C=O) groups is 2. The maximum absolute atomic E-state index is 11.5. The number of anilines is 1. The Kier molecular flexibility index (Phi) is 4.80. The highest BCUT2D eigenvalue weighted by Crippen LogP contribution is 2.34. The van der Waals surface area contributed by atoms with E-state index in [0.717, 1.165) is 10.2 Å². The first kappa shape index (κ1) is 16.8. The summed E-state index contributed by atoms with van der Waals surface area (Å²) in [5.41, 5.74) is 2.36. The fraction of sp³-hybridized carbons (Fsp3) is 0.500. The summed E-state index contributed by atoms with van der Waals surface area (Å²) in [7, 11) is 0. The average molecular weight is 368 g/mol. The van der Waals surface area contributed by atoms with E-state index >= 15 is 0 Å². The highest BCUT2D eigenvalue weighted by molar-refractivity contribution is 9.10. The average Bonchev–Trinajstić information content (AvgIpc) is 2.45. The predicted molar refractivity (Wildman–Crippen MR) is 86.6 cm³/mol. The van der Waals surface area contributed by atoms with Gasteiger partial charge in [0.15, 0.2) is 0 Å². The van der Waals surface area contributed by atoms with Gasteiger partial charge in [0.1, 0.15) is 5.97 Å². The summed E-state index contributed by atoms with van der Waals surface area (Å²) < 4.78 is 1.03. The van der Waals surface area contributed by atoms with Crippen LogP contribution >= 0.6 is 15.9 Å². The fourth-order valence-electron chi connectivity index (χ4n) is 2.66. The van der Waals surface area contributed by atoms with Gasteiger partial charge in [-0.15, -0.1) is 0 Å². The summed E-state index contributed by atoms with van der Waals surface area (Å²) in [5.74, 6) is -2.56. The van der Waals surface area contributed by atoms with Crippen molar-refractivity contribution < 1.29 is 14.7 Å². The Morgan fingerprint density at radius 3 is 2.23 bits per heavy atom. The number of carbonyl (C=O) groups excluding carboxylic acids is 2. The number of amides is 1. The van der Waals surface area contributed by atoms with Crippen molar-refractivity contribution in [3.05, 3.63) is 28.2 Å². The summed E-state index contributed by atoms with van der Waals surface area (Å²) >= 11 is 3.51. The molecule has 0 radical (unpaired) electrons. The van der Waals surface area contributed by atoms with Gasteiger partial charge in [0.25, 0.3) is 5.91 Å². The molecule has 1 heterocycles. The van der Waals surface area contributed by atoms with Gasteiger partial charge in [-0.05, 0) is 29.2 Å². The quantitative estimate of drug-likeness (QED) is 0.698. The fourth-order valence-corrected chi connectivity index (χ4v) is 3.03. The molecule has 6 heteroatoms. The second kappa shape index (κ2) is 6.28. The molecule has 120 valence electrons. The Morgan fingerprint density at radius 2 is 1.73 bits per heavy atom. The monoisotopic (exact) mass is 367 g/mol. The van der Waals surface area contributed by atoms with E-state index in [1.165, 1.54) is 10.5 Å². The molecule has 1 amide bonds. The van der Waals surface area contributed by atoms with Crippen LogP contribution in [0.5, 0.6) is 0 Å². The van der Waals surface area contributed by atoms with Crippen molar-refractivity contribution in [2.45, 2.75) is 26.2 Å². The van der Waals surface area contributed by atoms with Crippen LogP contribution in [0.3, 0.4) is 0 Å². The van der Waals surface area contributed by atoms with Gasteiger partial charge in [-0.2, -0.15) is 0 Å². The third-order valence-corrected chi connectivity index (χ3v) is 4.34. The van der Waals surface area contributed by atoms with Crippen molar-refractivity contribution >= 4 is 33.5 Å². The van der Waals surface area contributed by atoms with Crippen molar-refractivity contribution in [2.75, 3.05) is 31.1 Å². The molecular formula is C16H20BrN2O3-. The smallest absolute Gasteiger partial charge is 0.269 e. The van der Waals surface area contributed by atoms with Crippen molar-refractivity contribution in [1.82, 2.24) is 4.90 Å². The molecule has 0 unspecified atom stereocenters. The molecule has 1 aromatic carbocycles. The Balaban J connectivity index is 2.18. The first-order chi connectivity index (χ1) is 10.2. The van der Waals surface area contributed by atoms with Gasteiger partial charge in [0.05, 0.1) is 0 Å². The van der Waals surface area contributed by atoms with Gasteiger partial charge < -0.3 is 19.7 Å². The van der Waals surface area contributed by atoms with Gasteiger partial charge in [0, 0.05) is 36.3 Å². The van der Waals surface area contributed by atoms with Gasteiger partial charge >= 0.3 is 0 Å². The standard InChI is InChI=1S/C16H21BrN2O3/c1-16(2,3)12-10-11(17)4-5-13(12)18-6-8-19(9-7-18)14(20)15(21)22/h4-5,10H,6-9H2,1-3H3,(H,21,22)/p-1. The zero-order valence-electron chi connectivity index (χ0n) is 13.1. The number of carboxylic acid groups (broad SMARTS) is 1. The lowest BCUT2D eigenvalue weighted by Crippen LogP contribution is -2.53. The molecule has 0 aromatic heterocycles. The van der Waals surface area contributed by atoms with Crippen LogP contribution in [0.25, 0.3) is 0 Å². The SMILES string of the molecule is CC(C)(C)c1cc(Br)ccc1N1CCN(C(=O)C(=O)[O-])CC1. The molecule has 22 heavy (non-hydrogen) atoms. The molecule has 1 aliphatic rings. The molecule has 0 aliphatic carbocycles. The maximum atomic E-state index is 11.5. The molecule has 5 nitrogen and oxygen atoms in total. The molecule has 1 aliphatic heterocycles. The van der Waals surface area contributed by atoms with Crippen LogP contribution in [-0.2, 0) is 15.0 Å². The van der Waals surface area contributed by atoms with E-state index in [0.29, 0.717) is 26.2 Å². The minimum Gasteiger partial charge on any atom is -0.540 e. The lowest BCUT2D eigenvalue weighted by Gasteiger charge is -2.38. The van der Waals surface area contributed by atoms with Crippen LogP contribution in [0.2, 0.25) is 0 Å². The highest BCUT2D eigenvalue weighted by Gasteiger charge is 2.26. The number of nitrogens with zero attached hydrogens (tertiary/aromatic N) is 2. The number of piperazine rings is 1. The van der Waals surface area contributed by atoms with Gasteiger partial charge in [0.2, 0.25) is 0 Å². The topological polar surface area (TPSA) is 63.7 Å². The predicted octanol–water partition coefficient (Wildman–Crippen LogP) is 1.15. The molecule has 0 bridgehead atoms. The van der Waals surface area contributed by atoms with E-state index < -0.39 is 11.9 Å². The lowest BCUT2D eigenvalue weighted by molar-refractivity contribution is -0.301. The Bertz CT molecular complexity index is 588. The molecule has 1 saturated heterocycles. The number of halogens is 1. The molecule has 0 N–H and O–H groups in total. The summed E-state index contributed by atoms with van der Waals surface area (Å²) in [5, 5.41) is 10.7. The number of benzene rings is 1. The van der Waals surface area contributed by atoms with Crippen LogP contribution in [0.15, 0.2) is 22.7 Å². The van der Waals surface area contributed by atoms with Gasteiger partial charge in [-0.3, -0.25) is 4.79 Å². The van der Waals surface area contributed by atoms with Crippen molar-refractivity contribution in [3.8, 4) is 0 Å². The van der Waals surface area contributed by atoms with E-state index in [2.05, 4.69) is 53.7 Å². The zero-order chi connectivity index (χ0) is 16.5. The summed E-state index contributed by atoms with van der Waals surface area (Å²) in [6.07, 6.45) is 0. The van der Waals surface area contributed by atoms with Gasteiger partial charge in [-0.25, -0.2) is 0 Å². The number of hydrogen-bond acceptors (Lipinski definition) is 4. The minimum absolute atomic E-state index is 0.00293. The van der Waals surface area contributed by atoms with Crippen LogP contribution < -0.4 is 10.0 Å². The second-order valence-electron chi connectivity index (χ2n) is 6.48. The van der Waals surface area contributed by atoms with E-state index in [9.17, 15) is 14.7 Å². The van der Waals surface area contributed by atoms with E-state index in [4.69, 9.17) is 0 Å². The van der Waals surface area contributed by atoms with Crippen LogP contribution in [0, 0.1) is 0 Å². The van der Waals surface area contributed by atoms with Crippen molar-refractivity contribution in [2.24, 2.45) is 0 Å². The summed E-state index contributed by atoms with van der Waals surface area (Å²) in [4.78, 5) is 25.6.